The standard InChI is InChI=1S/C20H14Cl3N3O2S/c21-13-6-4-12(5-7-13)11-29-14-8-9-17(24-10-14)25-20(28)26-19(27)18-15(22)2-1-3-16(18)23/h1-10H,11H2,(H2,24,25,26,27,28). The van der Waals surface area contributed by atoms with E-state index in [9.17, 15) is 9.59 Å². The van der Waals surface area contributed by atoms with Gasteiger partial charge in [0.15, 0.2) is 0 Å². The Hall–Kier alpha value is -2.25. The van der Waals surface area contributed by atoms with Crippen molar-refractivity contribution in [2.45, 2.75) is 10.6 Å². The third-order valence-electron chi connectivity index (χ3n) is 3.71. The van der Waals surface area contributed by atoms with Crippen molar-refractivity contribution in [3.05, 3.63) is 87.0 Å². The van der Waals surface area contributed by atoms with Gasteiger partial charge in [0.1, 0.15) is 5.82 Å². The number of nitrogens with zero attached hydrogens (tertiary/aromatic N) is 1. The second-order valence-electron chi connectivity index (χ2n) is 5.80. The zero-order valence-electron chi connectivity index (χ0n) is 14.8. The molecule has 3 amide bonds. The number of aromatic nitrogens is 1. The Kier molecular flexibility index (Phi) is 7.39. The zero-order valence-corrected chi connectivity index (χ0v) is 17.9. The SMILES string of the molecule is O=C(NC(=O)c1c(Cl)cccc1Cl)Nc1ccc(SCc2ccc(Cl)cc2)cn1. The van der Waals surface area contributed by atoms with Gasteiger partial charge in [-0.25, -0.2) is 9.78 Å². The zero-order chi connectivity index (χ0) is 20.8. The van der Waals surface area contributed by atoms with Crippen LogP contribution in [0.15, 0.2) is 65.7 Å². The molecule has 148 valence electrons. The highest BCUT2D eigenvalue weighted by Crippen LogP contribution is 2.25. The Bertz CT molecular complexity index is 1010. The molecule has 0 aliphatic heterocycles. The highest BCUT2D eigenvalue weighted by molar-refractivity contribution is 7.98. The lowest BCUT2D eigenvalue weighted by molar-refractivity contribution is 0.0967. The predicted octanol–water partition coefficient (Wildman–Crippen LogP) is 6.30. The number of carbonyl (C=O) groups excluding carboxylic acids is 2. The van der Waals surface area contributed by atoms with Crippen LogP contribution in [-0.4, -0.2) is 16.9 Å². The van der Waals surface area contributed by atoms with E-state index < -0.39 is 11.9 Å². The maximum absolute atomic E-state index is 12.2. The second kappa shape index (κ2) is 9.98. The normalized spacial score (nSPS) is 10.4. The number of urea groups is 1. The van der Waals surface area contributed by atoms with Crippen LogP contribution in [0, 0.1) is 0 Å². The van der Waals surface area contributed by atoms with E-state index in [1.165, 1.54) is 12.1 Å². The van der Waals surface area contributed by atoms with E-state index in [0.29, 0.717) is 10.8 Å². The maximum Gasteiger partial charge on any atom is 0.327 e. The lowest BCUT2D eigenvalue weighted by atomic mass is 10.2. The Morgan fingerprint density at radius 2 is 1.62 bits per heavy atom. The van der Waals surface area contributed by atoms with Gasteiger partial charge in [-0.05, 0) is 42.0 Å². The van der Waals surface area contributed by atoms with E-state index in [1.807, 2.05) is 30.3 Å². The van der Waals surface area contributed by atoms with Crippen LogP contribution in [0.25, 0.3) is 0 Å². The summed E-state index contributed by atoms with van der Waals surface area (Å²) >= 11 is 19.4. The average molecular weight is 467 g/mol. The quantitative estimate of drug-likeness (QED) is 0.433. The fourth-order valence-corrected chi connectivity index (χ4v) is 3.83. The number of nitrogens with one attached hydrogen (secondary N) is 2. The molecule has 1 aromatic heterocycles. The molecular weight excluding hydrogens is 453 g/mol. The van der Waals surface area contributed by atoms with Gasteiger partial charge >= 0.3 is 6.03 Å². The first-order chi connectivity index (χ1) is 13.9. The van der Waals surface area contributed by atoms with Gasteiger partial charge in [0.25, 0.3) is 5.91 Å². The van der Waals surface area contributed by atoms with Gasteiger partial charge in [-0.2, -0.15) is 0 Å². The minimum atomic E-state index is -0.736. The number of amides is 3. The van der Waals surface area contributed by atoms with Crippen LogP contribution >= 0.6 is 46.6 Å². The molecule has 0 atom stereocenters. The van der Waals surface area contributed by atoms with E-state index in [1.54, 1.807) is 30.1 Å². The molecule has 9 heteroatoms. The van der Waals surface area contributed by atoms with E-state index >= 15 is 0 Å². The summed E-state index contributed by atoms with van der Waals surface area (Å²) < 4.78 is 0. The van der Waals surface area contributed by atoms with Gasteiger partial charge in [-0.15, -0.1) is 11.8 Å². The largest absolute Gasteiger partial charge is 0.327 e. The monoisotopic (exact) mass is 465 g/mol. The van der Waals surface area contributed by atoms with Gasteiger partial charge in [0.05, 0.1) is 15.6 Å². The molecule has 0 fully saturated rings. The number of halogens is 3. The van der Waals surface area contributed by atoms with Crippen molar-refractivity contribution in [3.63, 3.8) is 0 Å². The maximum atomic E-state index is 12.2. The average Bonchev–Trinajstić information content (AvgIpc) is 2.68. The number of hydrogen-bond acceptors (Lipinski definition) is 4. The van der Waals surface area contributed by atoms with E-state index in [0.717, 1.165) is 16.2 Å². The smallest absolute Gasteiger partial charge is 0.292 e. The molecule has 0 radical (unpaired) electrons. The first-order valence-electron chi connectivity index (χ1n) is 8.32. The summed E-state index contributed by atoms with van der Waals surface area (Å²) in [5.74, 6) is 0.365. The van der Waals surface area contributed by atoms with E-state index in [2.05, 4.69) is 15.6 Å². The minimum absolute atomic E-state index is 0.0351. The first-order valence-corrected chi connectivity index (χ1v) is 10.4. The third-order valence-corrected chi connectivity index (χ3v) is 5.65. The van der Waals surface area contributed by atoms with Gasteiger partial charge in [-0.1, -0.05) is 53.0 Å². The van der Waals surface area contributed by atoms with Crippen LogP contribution < -0.4 is 10.6 Å². The molecule has 0 aliphatic rings. The Labute approximate surface area is 186 Å². The summed E-state index contributed by atoms with van der Waals surface area (Å²) in [5.41, 5.74) is 1.17. The second-order valence-corrected chi connectivity index (χ2v) is 8.10. The topological polar surface area (TPSA) is 71.1 Å². The Morgan fingerprint density at radius 3 is 2.24 bits per heavy atom. The number of imide groups is 1. The van der Waals surface area contributed by atoms with Crippen molar-refractivity contribution in [3.8, 4) is 0 Å². The molecule has 0 unspecified atom stereocenters. The van der Waals surface area contributed by atoms with Crippen LogP contribution in [0.2, 0.25) is 15.1 Å². The van der Waals surface area contributed by atoms with E-state index in [-0.39, 0.29) is 15.6 Å². The molecule has 3 aromatic rings. The minimum Gasteiger partial charge on any atom is -0.292 e. The summed E-state index contributed by atoms with van der Waals surface area (Å²) in [6.45, 7) is 0. The van der Waals surface area contributed by atoms with Crippen molar-refractivity contribution >= 4 is 64.3 Å². The van der Waals surface area contributed by atoms with Crippen molar-refractivity contribution in [2.24, 2.45) is 0 Å². The van der Waals surface area contributed by atoms with Crippen LogP contribution in [-0.2, 0) is 5.75 Å². The summed E-state index contributed by atoms with van der Waals surface area (Å²) in [6.07, 6.45) is 1.64. The van der Waals surface area contributed by atoms with Gasteiger partial charge in [0, 0.05) is 21.9 Å². The highest BCUT2D eigenvalue weighted by atomic mass is 35.5. The number of hydrogen-bond donors (Lipinski definition) is 2. The molecule has 0 saturated carbocycles. The molecular formula is C20H14Cl3N3O2S. The van der Waals surface area contributed by atoms with Gasteiger partial charge in [0.2, 0.25) is 0 Å². The van der Waals surface area contributed by atoms with Crippen molar-refractivity contribution < 1.29 is 9.59 Å². The van der Waals surface area contributed by atoms with Gasteiger partial charge in [-0.3, -0.25) is 15.4 Å². The highest BCUT2D eigenvalue weighted by Gasteiger charge is 2.17. The van der Waals surface area contributed by atoms with Gasteiger partial charge < -0.3 is 0 Å². The number of thioether (sulfide) groups is 1. The molecule has 2 aromatic carbocycles. The molecule has 0 saturated heterocycles. The number of benzene rings is 2. The summed E-state index contributed by atoms with van der Waals surface area (Å²) in [7, 11) is 0. The molecule has 0 aliphatic carbocycles. The fourth-order valence-electron chi connectivity index (χ4n) is 2.31. The molecule has 29 heavy (non-hydrogen) atoms. The number of carbonyl (C=O) groups is 2. The molecule has 5 nitrogen and oxygen atoms in total. The van der Waals surface area contributed by atoms with Crippen molar-refractivity contribution in [1.29, 1.82) is 0 Å². The third kappa shape index (κ3) is 6.11. The van der Waals surface area contributed by atoms with Crippen LogP contribution in [0.1, 0.15) is 15.9 Å². The fraction of sp³-hybridized carbons (Fsp3) is 0.0500. The number of anilines is 1. The first kappa shape index (κ1) is 21.5. The lowest BCUT2D eigenvalue weighted by Crippen LogP contribution is -2.34. The van der Waals surface area contributed by atoms with E-state index in [4.69, 9.17) is 34.8 Å². The number of rotatable bonds is 5. The lowest BCUT2D eigenvalue weighted by Gasteiger charge is -2.09. The molecule has 2 N–H and O–H groups in total. The van der Waals surface area contributed by atoms with Crippen LogP contribution in [0.3, 0.4) is 0 Å². The predicted molar refractivity (Wildman–Crippen MR) is 118 cm³/mol. The molecule has 0 bridgehead atoms. The molecule has 0 spiro atoms. The molecule has 3 rings (SSSR count). The Balaban J connectivity index is 1.54. The Morgan fingerprint density at radius 1 is 0.931 bits per heavy atom. The van der Waals surface area contributed by atoms with Crippen LogP contribution in [0.5, 0.6) is 0 Å². The van der Waals surface area contributed by atoms with Crippen LogP contribution in [0.4, 0.5) is 10.6 Å². The molecule has 1 heterocycles. The van der Waals surface area contributed by atoms with Crippen molar-refractivity contribution in [2.75, 3.05) is 5.32 Å². The summed E-state index contributed by atoms with van der Waals surface area (Å²) in [6, 6.07) is 15.0. The number of pyridine rings is 1. The summed E-state index contributed by atoms with van der Waals surface area (Å²) in [5, 5.41) is 5.68. The van der Waals surface area contributed by atoms with Crippen molar-refractivity contribution in [1.82, 2.24) is 10.3 Å². The summed E-state index contributed by atoms with van der Waals surface area (Å²) in [4.78, 5) is 29.4.